The van der Waals surface area contributed by atoms with E-state index in [9.17, 15) is 0 Å². The molecule has 5 nitrogen and oxygen atoms in total. The molecule has 0 saturated carbocycles. The van der Waals surface area contributed by atoms with Gasteiger partial charge in [0.05, 0.1) is 11.4 Å². The molecule has 0 fully saturated rings. The molecule has 290 valence electrons. The van der Waals surface area contributed by atoms with Crippen LogP contribution in [0.1, 0.15) is 0 Å². The summed E-state index contributed by atoms with van der Waals surface area (Å²) < 4.78 is 0. The van der Waals surface area contributed by atoms with Crippen molar-refractivity contribution in [3.05, 3.63) is 224 Å². The Morgan fingerprint density at radius 3 is 1.19 bits per heavy atom. The molecule has 0 atom stereocenters. The van der Waals surface area contributed by atoms with Crippen LogP contribution in [0.25, 0.3) is 112 Å². The maximum absolute atomic E-state index is 5.34. The van der Waals surface area contributed by atoms with Gasteiger partial charge in [0.25, 0.3) is 0 Å². The van der Waals surface area contributed by atoms with Crippen molar-refractivity contribution in [1.82, 2.24) is 24.9 Å². The molecule has 11 aromatic rings. The van der Waals surface area contributed by atoms with E-state index in [1.54, 1.807) is 0 Å². The summed E-state index contributed by atoms with van der Waals surface area (Å²) in [5, 5.41) is 4.59. The lowest BCUT2D eigenvalue weighted by Gasteiger charge is -2.17. The monoisotopic (exact) mass is 791 g/mol. The zero-order valence-electron chi connectivity index (χ0n) is 33.6. The topological polar surface area (TPSA) is 64.5 Å². The second kappa shape index (κ2) is 16.0. The number of benzene rings is 9. The van der Waals surface area contributed by atoms with Gasteiger partial charge in [0.15, 0.2) is 23.3 Å². The predicted octanol–water partition coefficient (Wildman–Crippen LogP) is 14.3. The zero-order chi connectivity index (χ0) is 41.2. The van der Waals surface area contributed by atoms with E-state index in [2.05, 4.69) is 146 Å². The summed E-state index contributed by atoms with van der Waals surface area (Å²) >= 11 is 0. The van der Waals surface area contributed by atoms with E-state index in [-0.39, 0.29) is 0 Å². The Morgan fingerprint density at radius 2 is 0.629 bits per heavy atom. The Morgan fingerprint density at radius 1 is 0.226 bits per heavy atom. The average molecular weight is 792 g/mol. The van der Waals surface area contributed by atoms with E-state index >= 15 is 0 Å². The van der Waals surface area contributed by atoms with E-state index in [1.807, 2.05) is 78.9 Å². The summed E-state index contributed by atoms with van der Waals surface area (Å²) in [6, 6.07) is 77.7. The molecule has 62 heavy (non-hydrogen) atoms. The lowest BCUT2D eigenvalue weighted by Crippen LogP contribution is -2.00. The van der Waals surface area contributed by atoms with E-state index in [0.717, 1.165) is 72.1 Å². The van der Waals surface area contributed by atoms with Crippen LogP contribution in [0.3, 0.4) is 0 Å². The minimum atomic E-state index is 0.612. The van der Waals surface area contributed by atoms with Crippen LogP contribution in [-0.4, -0.2) is 24.9 Å². The molecule has 0 spiro atoms. The van der Waals surface area contributed by atoms with Crippen molar-refractivity contribution < 1.29 is 0 Å². The fourth-order valence-corrected chi connectivity index (χ4v) is 8.36. The van der Waals surface area contributed by atoms with Crippen LogP contribution in [0.5, 0.6) is 0 Å². The summed E-state index contributed by atoms with van der Waals surface area (Å²) in [5.41, 5.74) is 12.0. The Bertz CT molecular complexity index is 3310. The first kappa shape index (κ1) is 36.7. The standard InChI is InChI=1S/C57H37N5/c1-5-17-38(18-6-1)45-27-15-29-48-47(45)28-16-30-49(48)51-37-52(59-54(58-51)41-20-7-2-8-21-41)50-36-35-39-19-13-14-26-46(39)53(50)40-31-33-44(34-32-40)57-61-55(42-22-9-3-10-23-42)60-56(62-57)43-24-11-4-12-25-43/h1-37H. The Kier molecular flexibility index (Phi) is 9.45. The molecule has 0 amide bonds. The van der Waals surface area contributed by atoms with E-state index in [4.69, 9.17) is 24.9 Å². The fraction of sp³-hybridized carbons (Fsp3) is 0. The van der Waals surface area contributed by atoms with Crippen molar-refractivity contribution in [2.45, 2.75) is 0 Å². The van der Waals surface area contributed by atoms with Gasteiger partial charge >= 0.3 is 0 Å². The van der Waals surface area contributed by atoms with Gasteiger partial charge in [0.2, 0.25) is 0 Å². The lowest BCUT2D eigenvalue weighted by molar-refractivity contribution is 1.07. The second-order valence-electron chi connectivity index (χ2n) is 15.2. The van der Waals surface area contributed by atoms with Crippen LogP contribution in [0.4, 0.5) is 0 Å². The first-order valence-corrected chi connectivity index (χ1v) is 20.8. The molecular weight excluding hydrogens is 755 g/mol. The summed E-state index contributed by atoms with van der Waals surface area (Å²) in [6.45, 7) is 0. The number of hydrogen-bond donors (Lipinski definition) is 0. The minimum absolute atomic E-state index is 0.612. The van der Waals surface area contributed by atoms with Gasteiger partial charge in [0.1, 0.15) is 0 Å². The SMILES string of the molecule is c1ccc(-c2nc(-c3ccc4ccccc4c3-c3ccc(-c4nc(-c5ccccc5)nc(-c5ccccc5)n4)cc3)cc(-c3cccc4c(-c5ccccc5)cccc34)n2)cc1. The molecule has 0 bridgehead atoms. The van der Waals surface area contributed by atoms with Crippen molar-refractivity contribution in [1.29, 1.82) is 0 Å². The highest BCUT2D eigenvalue weighted by Crippen LogP contribution is 2.41. The molecule has 9 aromatic carbocycles. The number of fused-ring (bicyclic) bond motifs is 2. The molecular formula is C57H37N5. The lowest BCUT2D eigenvalue weighted by atomic mass is 9.90. The van der Waals surface area contributed by atoms with Gasteiger partial charge in [-0.25, -0.2) is 24.9 Å². The summed E-state index contributed by atoms with van der Waals surface area (Å²) in [7, 11) is 0. The highest BCUT2D eigenvalue weighted by Gasteiger charge is 2.19. The minimum Gasteiger partial charge on any atom is -0.228 e. The maximum Gasteiger partial charge on any atom is 0.164 e. The van der Waals surface area contributed by atoms with E-state index in [1.165, 1.54) is 16.5 Å². The first-order chi connectivity index (χ1) is 30.7. The number of nitrogens with zero attached hydrogens (tertiary/aromatic N) is 5. The molecule has 0 aliphatic rings. The highest BCUT2D eigenvalue weighted by atomic mass is 15.0. The molecule has 0 N–H and O–H groups in total. The number of aromatic nitrogens is 5. The summed E-state index contributed by atoms with van der Waals surface area (Å²) in [5.74, 6) is 2.54. The molecule has 11 rings (SSSR count). The maximum atomic E-state index is 5.34. The smallest absolute Gasteiger partial charge is 0.164 e. The van der Waals surface area contributed by atoms with Crippen LogP contribution >= 0.6 is 0 Å². The Balaban J connectivity index is 1.08. The molecule has 2 aromatic heterocycles. The molecule has 0 saturated heterocycles. The van der Waals surface area contributed by atoms with Crippen LogP contribution in [0, 0.1) is 0 Å². The number of hydrogen-bond acceptors (Lipinski definition) is 5. The van der Waals surface area contributed by atoms with Crippen molar-refractivity contribution >= 4 is 21.5 Å². The second-order valence-corrected chi connectivity index (χ2v) is 15.2. The average Bonchev–Trinajstić information content (AvgIpc) is 3.36. The van der Waals surface area contributed by atoms with E-state index < -0.39 is 0 Å². The summed E-state index contributed by atoms with van der Waals surface area (Å²) in [4.78, 5) is 25.5. The van der Waals surface area contributed by atoms with Gasteiger partial charge in [0, 0.05) is 33.4 Å². The quantitative estimate of drug-likeness (QED) is 0.153. The molecule has 0 unspecified atom stereocenters. The van der Waals surface area contributed by atoms with Crippen LogP contribution < -0.4 is 0 Å². The van der Waals surface area contributed by atoms with Gasteiger partial charge in [-0.1, -0.05) is 218 Å². The molecule has 0 radical (unpaired) electrons. The van der Waals surface area contributed by atoms with Gasteiger partial charge in [-0.2, -0.15) is 0 Å². The summed E-state index contributed by atoms with van der Waals surface area (Å²) in [6.07, 6.45) is 0. The predicted molar refractivity (Wildman–Crippen MR) is 254 cm³/mol. The van der Waals surface area contributed by atoms with Crippen molar-refractivity contribution in [3.8, 4) is 90.3 Å². The van der Waals surface area contributed by atoms with Crippen molar-refractivity contribution in [2.75, 3.05) is 0 Å². The largest absolute Gasteiger partial charge is 0.228 e. The third-order valence-electron chi connectivity index (χ3n) is 11.4. The molecule has 2 heterocycles. The van der Waals surface area contributed by atoms with Crippen LogP contribution in [0.2, 0.25) is 0 Å². The first-order valence-electron chi connectivity index (χ1n) is 20.8. The Labute approximate surface area is 359 Å². The third kappa shape index (κ3) is 6.97. The van der Waals surface area contributed by atoms with Crippen LogP contribution in [-0.2, 0) is 0 Å². The normalized spacial score (nSPS) is 11.2. The van der Waals surface area contributed by atoms with E-state index in [0.29, 0.717) is 23.3 Å². The number of rotatable bonds is 8. The van der Waals surface area contributed by atoms with Gasteiger partial charge in [-0.3, -0.25) is 0 Å². The van der Waals surface area contributed by atoms with Crippen molar-refractivity contribution in [2.24, 2.45) is 0 Å². The van der Waals surface area contributed by atoms with Gasteiger partial charge in [-0.15, -0.1) is 0 Å². The molecule has 0 aliphatic carbocycles. The van der Waals surface area contributed by atoms with Crippen molar-refractivity contribution in [3.63, 3.8) is 0 Å². The Hall–Kier alpha value is -8.41. The zero-order valence-corrected chi connectivity index (χ0v) is 33.6. The highest BCUT2D eigenvalue weighted by molar-refractivity contribution is 6.06. The fourth-order valence-electron chi connectivity index (χ4n) is 8.36. The van der Waals surface area contributed by atoms with Crippen LogP contribution in [0.15, 0.2) is 224 Å². The van der Waals surface area contributed by atoms with Gasteiger partial charge < -0.3 is 0 Å². The molecule has 0 aliphatic heterocycles. The molecule has 5 heteroatoms. The van der Waals surface area contributed by atoms with Gasteiger partial charge in [-0.05, 0) is 49.9 Å². The third-order valence-corrected chi connectivity index (χ3v) is 11.4.